The molecule has 112 valence electrons. The van der Waals surface area contributed by atoms with E-state index in [1.165, 1.54) is 12.1 Å². The third-order valence-corrected chi connectivity index (χ3v) is 2.73. The molecule has 0 aromatic carbocycles. The molecule has 0 radical (unpaired) electrons. The minimum atomic E-state index is -0.466. The second-order valence-corrected chi connectivity index (χ2v) is 5.63. The lowest BCUT2D eigenvalue weighted by atomic mass is 10.0. The number of nitrogens with one attached hydrogen (secondary N) is 1. The van der Waals surface area contributed by atoms with Crippen molar-refractivity contribution < 1.29 is 4.92 Å². The topological polar surface area (TPSA) is 97.3 Å². The van der Waals surface area contributed by atoms with Gasteiger partial charge in [-0.25, -0.2) is 4.98 Å². The van der Waals surface area contributed by atoms with E-state index in [4.69, 9.17) is 5.73 Å². The molecule has 0 saturated heterocycles. The lowest BCUT2D eigenvalue weighted by molar-refractivity contribution is -0.384. The molecule has 0 aliphatic rings. The third kappa shape index (κ3) is 5.40. The van der Waals surface area contributed by atoms with E-state index in [0.29, 0.717) is 11.7 Å². The summed E-state index contributed by atoms with van der Waals surface area (Å²) in [5.41, 5.74) is 5.56. The third-order valence-electron chi connectivity index (χ3n) is 2.73. The maximum atomic E-state index is 10.8. The van der Waals surface area contributed by atoms with Gasteiger partial charge in [-0.05, 0) is 26.4 Å². The zero-order valence-corrected chi connectivity index (χ0v) is 12.5. The Bertz CT molecular complexity index is 452. The highest BCUT2D eigenvalue weighted by atomic mass is 16.6. The van der Waals surface area contributed by atoms with E-state index in [1.807, 2.05) is 14.1 Å². The molecule has 1 aromatic heterocycles. The van der Waals surface area contributed by atoms with Crippen LogP contribution in [0.2, 0.25) is 0 Å². The van der Waals surface area contributed by atoms with Gasteiger partial charge < -0.3 is 16.0 Å². The number of aromatic nitrogens is 1. The van der Waals surface area contributed by atoms with Crippen molar-refractivity contribution in [3.63, 3.8) is 0 Å². The molecule has 20 heavy (non-hydrogen) atoms. The summed E-state index contributed by atoms with van der Waals surface area (Å²) in [5, 5.41) is 14.1. The number of nitro groups is 1. The number of hydrogen-bond donors (Lipinski definition) is 2. The molecule has 1 unspecified atom stereocenters. The average Bonchev–Trinajstić information content (AvgIpc) is 2.25. The molecule has 1 rings (SSSR count). The lowest BCUT2D eigenvalue weighted by Crippen LogP contribution is -2.33. The van der Waals surface area contributed by atoms with Crippen LogP contribution in [0.1, 0.15) is 20.3 Å². The number of rotatable bonds is 7. The van der Waals surface area contributed by atoms with Gasteiger partial charge in [-0.2, -0.15) is 0 Å². The fourth-order valence-corrected chi connectivity index (χ4v) is 2.11. The summed E-state index contributed by atoms with van der Waals surface area (Å²) < 4.78 is 0. The first-order valence-electron chi connectivity index (χ1n) is 6.61. The van der Waals surface area contributed by atoms with E-state index in [2.05, 4.69) is 29.0 Å². The van der Waals surface area contributed by atoms with Crippen LogP contribution < -0.4 is 11.1 Å². The molecule has 0 amide bonds. The van der Waals surface area contributed by atoms with Crippen LogP contribution in [0.5, 0.6) is 0 Å². The first kappa shape index (κ1) is 16.2. The van der Waals surface area contributed by atoms with Crippen molar-refractivity contribution in [1.82, 2.24) is 9.88 Å². The Morgan fingerprint density at radius 2 is 2.10 bits per heavy atom. The van der Waals surface area contributed by atoms with E-state index in [0.717, 1.165) is 13.0 Å². The Labute approximate surface area is 119 Å². The van der Waals surface area contributed by atoms with Gasteiger partial charge in [0.15, 0.2) is 0 Å². The predicted molar refractivity (Wildman–Crippen MR) is 80.7 cm³/mol. The monoisotopic (exact) mass is 281 g/mol. The molecular weight excluding hydrogens is 258 g/mol. The first-order valence-corrected chi connectivity index (χ1v) is 6.61. The first-order chi connectivity index (χ1) is 9.27. The fourth-order valence-electron chi connectivity index (χ4n) is 2.11. The minimum Gasteiger partial charge on any atom is -0.383 e. The van der Waals surface area contributed by atoms with Crippen LogP contribution >= 0.6 is 0 Å². The molecular formula is C13H23N5O2. The Kier molecular flexibility index (Phi) is 5.69. The summed E-state index contributed by atoms with van der Waals surface area (Å²) in [6, 6.07) is 2.84. The predicted octanol–water partition coefficient (Wildman–Crippen LogP) is 1.96. The molecule has 7 heteroatoms. The van der Waals surface area contributed by atoms with Crippen LogP contribution in [0.15, 0.2) is 12.1 Å². The highest BCUT2D eigenvalue weighted by Crippen LogP contribution is 2.20. The Morgan fingerprint density at radius 1 is 1.45 bits per heavy atom. The van der Waals surface area contributed by atoms with Crippen molar-refractivity contribution in [1.29, 1.82) is 0 Å². The van der Waals surface area contributed by atoms with Gasteiger partial charge in [0.25, 0.3) is 5.69 Å². The van der Waals surface area contributed by atoms with Gasteiger partial charge in [-0.3, -0.25) is 10.1 Å². The van der Waals surface area contributed by atoms with E-state index in [9.17, 15) is 10.1 Å². The van der Waals surface area contributed by atoms with Crippen LogP contribution in [-0.2, 0) is 0 Å². The van der Waals surface area contributed by atoms with Gasteiger partial charge in [0.2, 0.25) is 0 Å². The quantitative estimate of drug-likeness (QED) is 0.585. The van der Waals surface area contributed by atoms with Gasteiger partial charge >= 0.3 is 0 Å². The van der Waals surface area contributed by atoms with E-state index in [-0.39, 0.29) is 17.5 Å². The average molecular weight is 281 g/mol. The summed E-state index contributed by atoms with van der Waals surface area (Å²) in [6.45, 7) is 5.10. The second-order valence-electron chi connectivity index (χ2n) is 5.63. The van der Waals surface area contributed by atoms with Crippen LogP contribution in [0.4, 0.5) is 17.3 Å². The molecule has 0 aliphatic heterocycles. The number of likely N-dealkylation sites (N-methyl/N-ethyl adjacent to an activating group) is 1. The Hall–Kier alpha value is -1.89. The summed E-state index contributed by atoms with van der Waals surface area (Å²) in [6.07, 6.45) is 0.947. The van der Waals surface area contributed by atoms with Crippen molar-refractivity contribution in [2.45, 2.75) is 26.3 Å². The molecule has 0 fully saturated rings. The van der Waals surface area contributed by atoms with Crippen molar-refractivity contribution >= 4 is 17.3 Å². The number of anilines is 2. The van der Waals surface area contributed by atoms with Crippen molar-refractivity contribution in [2.75, 3.05) is 31.7 Å². The standard InChI is InChI=1S/C13H23N5O2/c1-9(2)5-10(8-17(3)4)15-13-7-11(18(19)20)6-12(14)16-13/h6-7,9-10H,5,8H2,1-4H3,(H3,14,15,16). The fraction of sp³-hybridized carbons (Fsp3) is 0.615. The molecule has 1 aromatic rings. The van der Waals surface area contributed by atoms with Gasteiger partial charge in [-0.1, -0.05) is 13.8 Å². The molecule has 1 atom stereocenters. The zero-order chi connectivity index (χ0) is 15.3. The number of hydrogen-bond acceptors (Lipinski definition) is 6. The minimum absolute atomic E-state index is 0.0480. The summed E-state index contributed by atoms with van der Waals surface area (Å²) in [5.74, 6) is 1.11. The number of nitrogen functional groups attached to an aromatic ring is 1. The van der Waals surface area contributed by atoms with E-state index in [1.54, 1.807) is 0 Å². The number of pyridine rings is 1. The lowest BCUT2D eigenvalue weighted by Gasteiger charge is -2.24. The molecule has 7 nitrogen and oxygen atoms in total. The number of nitrogens with two attached hydrogens (primary N) is 1. The SMILES string of the molecule is CC(C)CC(CN(C)C)Nc1cc([N+](=O)[O-])cc(N)n1. The second kappa shape index (κ2) is 7.04. The summed E-state index contributed by atoms with van der Waals surface area (Å²) >= 11 is 0. The van der Waals surface area contributed by atoms with E-state index >= 15 is 0 Å². The maximum absolute atomic E-state index is 10.8. The van der Waals surface area contributed by atoms with Gasteiger partial charge in [0.05, 0.1) is 17.1 Å². The van der Waals surface area contributed by atoms with Crippen molar-refractivity contribution in [3.05, 3.63) is 22.2 Å². The highest BCUT2D eigenvalue weighted by Gasteiger charge is 2.15. The van der Waals surface area contributed by atoms with Crippen LogP contribution in [0.25, 0.3) is 0 Å². The molecule has 0 bridgehead atoms. The van der Waals surface area contributed by atoms with Crippen LogP contribution in [-0.4, -0.2) is 41.5 Å². The van der Waals surface area contributed by atoms with Crippen molar-refractivity contribution in [3.8, 4) is 0 Å². The smallest absolute Gasteiger partial charge is 0.276 e. The van der Waals surface area contributed by atoms with Gasteiger partial charge in [0, 0.05) is 12.6 Å². The Morgan fingerprint density at radius 3 is 2.60 bits per heavy atom. The maximum Gasteiger partial charge on any atom is 0.276 e. The van der Waals surface area contributed by atoms with Gasteiger partial charge in [-0.15, -0.1) is 0 Å². The van der Waals surface area contributed by atoms with Crippen LogP contribution in [0, 0.1) is 16.0 Å². The summed E-state index contributed by atoms with van der Waals surface area (Å²) in [4.78, 5) is 16.6. The molecule has 0 saturated carbocycles. The van der Waals surface area contributed by atoms with Crippen molar-refractivity contribution in [2.24, 2.45) is 5.92 Å². The highest BCUT2D eigenvalue weighted by molar-refractivity contribution is 5.53. The number of nitrogens with zero attached hydrogens (tertiary/aromatic N) is 3. The zero-order valence-electron chi connectivity index (χ0n) is 12.5. The molecule has 0 aliphatic carbocycles. The Balaban J connectivity index is 2.89. The largest absolute Gasteiger partial charge is 0.383 e. The molecule has 0 spiro atoms. The van der Waals surface area contributed by atoms with Crippen LogP contribution in [0.3, 0.4) is 0 Å². The normalized spacial score (nSPS) is 12.7. The molecule has 3 N–H and O–H groups in total. The summed E-state index contributed by atoms with van der Waals surface area (Å²) in [7, 11) is 3.98. The van der Waals surface area contributed by atoms with E-state index < -0.39 is 4.92 Å². The van der Waals surface area contributed by atoms with Gasteiger partial charge in [0.1, 0.15) is 11.6 Å². The molecule has 1 heterocycles.